The number of aromatic nitrogens is 4. The van der Waals surface area contributed by atoms with Crippen molar-refractivity contribution in [2.24, 2.45) is 0 Å². The van der Waals surface area contributed by atoms with Gasteiger partial charge in [-0.05, 0) is 25.6 Å². The molecule has 0 bridgehead atoms. The molecule has 0 saturated heterocycles. The Labute approximate surface area is 126 Å². The van der Waals surface area contributed by atoms with E-state index in [0.29, 0.717) is 25.3 Å². The minimum absolute atomic E-state index is 0.143. The summed E-state index contributed by atoms with van der Waals surface area (Å²) >= 11 is 0. The Balaban J connectivity index is 2.23. The number of tetrazole rings is 1. The van der Waals surface area contributed by atoms with Crippen LogP contribution >= 0.6 is 0 Å². The van der Waals surface area contributed by atoms with Gasteiger partial charge >= 0.3 is 11.9 Å². The van der Waals surface area contributed by atoms with Gasteiger partial charge in [0.1, 0.15) is 0 Å². The van der Waals surface area contributed by atoms with E-state index in [2.05, 4.69) is 15.4 Å². The zero-order chi connectivity index (χ0) is 16.3. The molecule has 0 aliphatic carbocycles. The Kier molecular flexibility index (Phi) is 4.66. The molecular formula is C13H17N5O4. The van der Waals surface area contributed by atoms with Gasteiger partial charge in [0.2, 0.25) is 5.82 Å². The van der Waals surface area contributed by atoms with E-state index in [1.807, 2.05) is 13.0 Å². The highest BCUT2D eigenvalue weighted by Gasteiger charge is 2.29. The van der Waals surface area contributed by atoms with Gasteiger partial charge in [0, 0.05) is 24.2 Å². The Morgan fingerprint density at radius 1 is 1.45 bits per heavy atom. The van der Waals surface area contributed by atoms with Crippen molar-refractivity contribution in [3.63, 3.8) is 0 Å². The van der Waals surface area contributed by atoms with E-state index < -0.39 is 18.0 Å². The number of carboxylic acids is 2. The number of hydrogen-bond acceptors (Lipinski definition) is 6. The summed E-state index contributed by atoms with van der Waals surface area (Å²) < 4.78 is 0. The molecule has 1 aliphatic rings. The van der Waals surface area contributed by atoms with Crippen LogP contribution in [-0.2, 0) is 16.1 Å². The molecule has 2 heterocycles. The third-order valence-electron chi connectivity index (χ3n) is 3.45. The molecule has 1 unspecified atom stereocenters. The maximum absolute atomic E-state index is 11.3. The monoisotopic (exact) mass is 307 g/mol. The second kappa shape index (κ2) is 6.48. The highest BCUT2D eigenvalue weighted by atomic mass is 16.4. The highest BCUT2D eigenvalue weighted by molar-refractivity contribution is 5.95. The first-order valence-corrected chi connectivity index (χ1v) is 6.77. The number of likely N-dealkylation sites (N-methyl/N-ethyl adjacent to an activating group) is 1. The second-order valence-electron chi connectivity index (χ2n) is 4.94. The Bertz CT molecular complexity index is 649. The Hall–Kier alpha value is -2.55. The van der Waals surface area contributed by atoms with E-state index in [0.717, 1.165) is 11.6 Å². The van der Waals surface area contributed by atoms with Crippen LogP contribution in [0.1, 0.15) is 19.2 Å². The van der Waals surface area contributed by atoms with Gasteiger partial charge in [0.25, 0.3) is 0 Å². The summed E-state index contributed by atoms with van der Waals surface area (Å²) in [6.07, 6.45) is 2.95. The number of rotatable bonds is 5. The van der Waals surface area contributed by atoms with Crippen molar-refractivity contribution in [3.05, 3.63) is 23.5 Å². The third kappa shape index (κ3) is 3.37. The first-order valence-electron chi connectivity index (χ1n) is 6.77. The fourth-order valence-electron chi connectivity index (χ4n) is 2.34. The molecular weight excluding hydrogens is 290 g/mol. The number of aliphatic carboxylic acids is 2. The van der Waals surface area contributed by atoms with Gasteiger partial charge in [-0.3, -0.25) is 4.90 Å². The SMILES string of the molecule is CCn1nnc(C2=CCC(C(=CC(=O)O)C(=O)O)N(C)C2)n1. The largest absolute Gasteiger partial charge is 0.478 e. The fourth-order valence-corrected chi connectivity index (χ4v) is 2.34. The van der Waals surface area contributed by atoms with E-state index in [-0.39, 0.29) is 5.57 Å². The summed E-state index contributed by atoms with van der Waals surface area (Å²) in [7, 11) is 1.74. The Morgan fingerprint density at radius 3 is 2.68 bits per heavy atom. The summed E-state index contributed by atoms with van der Waals surface area (Å²) in [6, 6.07) is -0.501. The molecule has 0 radical (unpaired) electrons. The third-order valence-corrected chi connectivity index (χ3v) is 3.45. The number of hydrogen-bond donors (Lipinski definition) is 2. The average molecular weight is 307 g/mol. The molecule has 0 spiro atoms. The van der Waals surface area contributed by atoms with Crippen LogP contribution in [0.5, 0.6) is 0 Å². The molecule has 2 N–H and O–H groups in total. The van der Waals surface area contributed by atoms with E-state index >= 15 is 0 Å². The molecule has 0 saturated carbocycles. The van der Waals surface area contributed by atoms with Crippen molar-refractivity contribution in [1.82, 2.24) is 25.1 Å². The zero-order valence-corrected chi connectivity index (χ0v) is 12.3. The van der Waals surface area contributed by atoms with Crippen LogP contribution in [-0.4, -0.2) is 66.9 Å². The number of aryl methyl sites for hydroxylation is 1. The van der Waals surface area contributed by atoms with Crippen molar-refractivity contribution < 1.29 is 19.8 Å². The molecule has 0 aromatic carbocycles. The van der Waals surface area contributed by atoms with Gasteiger partial charge in [0.05, 0.1) is 12.1 Å². The smallest absolute Gasteiger partial charge is 0.333 e. The van der Waals surface area contributed by atoms with E-state index in [4.69, 9.17) is 5.11 Å². The zero-order valence-electron chi connectivity index (χ0n) is 12.3. The predicted octanol–water partition coefficient (Wildman–Crippen LogP) is -0.124. The van der Waals surface area contributed by atoms with Crippen LogP contribution in [0.3, 0.4) is 0 Å². The molecule has 1 aromatic rings. The lowest BCUT2D eigenvalue weighted by Gasteiger charge is -2.31. The van der Waals surface area contributed by atoms with E-state index in [9.17, 15) is 14.7 Å². The quantitative estimate of drug-likeness (QED) is 0.722. The summed E-state index contributed by atoms with van der Waals surface area (Å²) in [5, 5.41) is 30.1. The molecule has 1 aromatic heterocycles. The fraction of sp³-hybridized carbons (Fsp3) is 0.462. The van der Waals surface area contributed by atoms with E-state index in [1.54, 1.807) is 11.9 Å². The summed E-state index contributed by atoms with van der Waals surface area (Å²) in [4.78, 5) is 25.3. The minimum atomic E-state index is -1.27. The predicted molar refractivity (Wildman–Crippen MR) is 75.9 cm³/mol. The van der Waals surface area contributed by atoms with Gasteiger partial charge < -0.3 is 10.2 Å². The molecule has 9 nitrogen and oxygen atoms in total. The highest BCUT2D eigenvalue weighted by Crippen LogP contribution is 2.24. The summed E-state index contributed by atoms with van der Waals surface area (Å²) in [5.74, 6) is -1.99. The van der Waals surface area contributed by atoms with Crippen LogP contribution in [0.25, 0.3) is 5.57 Å². The van der Waals surface area contributed by atoms with Crippen molar-refractivity contribution in [3.8, 4) is 0 Å². The van der Waals surface area contributed by atoms with Crippen molar-refractivity contribution >= 4 is 17.5 Å². The normalized spacial score (nSPS) is 19.8. The number of carbonyl (C=O) groups is 2. The number of nitrogens with zero attached hydrogens (tertiary/aromatic N) is 5. The van der Waals surface area contributed by atoms with Crippen LogP contribution in [0, 0.1) is 0 Å². The van der Waals surface area contributed by atoms with Gasteiger partial charge in [-0.2, -0.15) is 4.80 Å². The van der Waals surface area contributed by atoms with Crippen molar-refractivity contribution in [2.75, 3.05) is 13.6 Å². The molecule has 0 amide bonds. The van der Waals surface area contributed by atoms with Crippen LogP contribution in [0.2, 0.25) is 0 Å². The summed E-state index contributed by atoms with van der Waals surface area (Å²) in [6.45, 7) is 2.94. The maximum Gasteiger partial charge on any atom is 0.333 e. The Morgan fingerprint density at radius 2 is 2.18 bits per heavy atom. The van der Waals surface area contributed by atoms with Gasteiger partial charge in [-0.25, -0.2) is 9.59 Å². The molecule has 2 rings (SSSR count). The molecule has 1 atom stereocenters. The molecule has 0 fully saturated rings. The first kappa shape index (κ1) is 15.8. The molecule has 1 aliphatic heterocycles. The van der Waals surface area contributed by atoms with Gasteiger partial charge in [-0.15, -0.1) is 10.2 Å². The molecule has 9 heteroatoms. The van der Waals surface area contributed by atoms with Crippen molar-refractivity contribution in [2.45, 2.75) is 25.9 Å². The summed E-state index contributed by atoms with van der Waals surface area (Å²) in [5.41, 5.74) is 0.703. The first-order chi connectivity index (χ1) is 10.4. The second-order valence-corrected chi connectivity index (χ2v) is 4.94. The molecule has 22 heavy (non-hydrogen) atoms. The van der Waals surface area contributed by atoms with Crippen LogP contribution in [0.15, 0.2) is 17.7 Å². The van der Waals surface area contributed by atoms with Crippen LogP contribution < -0.4 is 0 Å². The lowest BCUT2D eigenvalue weighted by atomic mass is 9.96. The lowest BCUT2D eigenvalue weighted by Crippen LogP contribution is -2.39. The van der Waals surface area contributed by atoms with Crippen LogP contribution in [0.4, 0.5) is 0 Å². The minimum Gasteiger partial charge on any atom is -0.478 e. The average Bonchev–Trinajstić information content (AvgIpc) is 2.93. The van der Waals surface area contributed by atoms with Gasteiger partial charge in [-0.1, -0.05) is 6.08 Å². The maximum atomic E-state index is 11.3. The number of carboxylic acid groups (broad SMARTS) is 2. The topological polar surface area (TPSA) is 121 Å². The van der Waals surface area contributed by atoms with E-state index in [1.165, 1.54) is 4.80 Å². The standard InChI is InChI=1S/C13H17N5O4/c1-3-18-15-12(14-16-18)8-4-5-10(17(2)7-8)9(13(21)22)6-11(19)20/h4,6,10H,3,5,7H2,1-2H3,(H,19,20)(H,21,22). The van der Waals surface area contributed by atoms with Crippen molar-refractivity contribution in [1.29, 1.82) is 0 Å². The molecule has 118 valence electrons. The lowest BCUT2D eigenvalue weighted by molar-refractivity contribution is -0.135. The van der Waals surface area contributed by atoms with Gasteiger partial charge in [0.15, 0.2) is 0 Å².